The van der Waals surface area contributed by atoms with Crippen LogP contribution in [0.1, 0.15) is 26.0 Å². The quantitative estimate of drug-likeness (QED) is 0.785. The molecule has 1 rings (SSSR count). The fourth-order valence-corrected chi connectivity index (χ4v) is 1.39. The van der Waals surface area contributed by atoms with Gasteiger partial charge in [0.25, 0.3) is 0 Å². The smallest absolute Gasteiger partial charge is 0.316 e. The molecule has 1 aromatic rings. The Labute approximate surface area is 99.0 Å². The number of alkyl halides is 3. The highest BCUT2D eigenvalue weighted by molar-refractivity contribution is 5.03. The number of nitrogens with zero attached hydrogens (tertiary/aromatic N) is 2. The van der Waals surface area contributed by atoms with Crippen LogP contribution in [-0.4, -0.2) is 22.9 Å². The molecule has 0 radical (unpaired) electrons. The normalized spacial score (nSPS) is 12.4. The minimum atomic E-state index is -4.35. The van der Waals surface area contributed by atoms with Gasteiger partial charge in [0.15, 0.2) is 5.69 Å². The molecular formula is C11H18F3N3. The molecule has 0 spiro atoms. The lowest BCUT2D eigenvalue weighted by Gasteiger charge is -2.07. The number of aryl methyl sites for hydroxylation is 1. The second-order valence-electron chi connectivity index (χ2n) is 4.41. The zero-order valence-electron chi connectivity index (χ0n) is 10.1. The number of hydrogen-bond donors (Lipinski definition) is 1. The average Bonchev–Trinajstić information content (AvgIpc) is 2.64. The van der Waals surface area contributed by atoms with Crippen molar-refractivity contribution >= 4 is 0 Å². The Balaban J connectivity index is 2.26. The third kappa shape index (κ3) is 5.21. The predicted octanol–water partition coefficient (Wildman–Crippen LogP) is 2.54. The van der Waals surface area contributed by atoms with Gasteiger partial charge in [-0.15, -0.1) is 0 Å². The monoisotopic (exact) mass is 249 g/mol. The summed E-state index contributed by atoms with van der Waals surface area (Å²) in [5.41, 5.74) is -0.826. The first kappa shape index (κ1) is 14.0. The Morgan fingerprint density at radius 1 is 1.41 bits per heavy atom. The predicted molar refractivity (Wildman–Crippen MR) is 59.6 cm³/mol. The van der Waals surface area contributed by atoms with Crippen LogP contribution in [-0.2, 0) is 12.7 Å². The van der Waals surface area contributed by atoms with Gasteiger partial charge in [-0.2, -0.15) is 18.3 Å². The molecule has 1 heterocycles. The van der Waals surface area contributed by atoms with Crippen molar-refractivity contribution in [3.05, 3.63) is 18.0 Å². The van der Waals surface area contributed by atoms with Gasteiger partial charge in [0.05, 0.1) is 0 Å². The van der Waals surface area contributed by atoms with Crippen LogP contribution in [0.3, 0.4) is 0 Å². The van der Waals surface area contributed by atoms with Crippen molar-refractivity contribution in [3.63, 3.8) is 0 Å². The highest BCUT2D eigenvalue weighted by atomic mass is 19.4. The van der Waals surface area contributed by atoms with Crippen LogP contribution < -0.4 is 5.32 Å². The molecule has 0 saturated carbocycles. The first-order chi connectivity index (χ1) is 7.89. The lowest BCUT2D eigenvalue weighted by Crippen LogP contribution is -2.21. The zero-order valence-corrected chi connectivity index (χ0v) is 10.1. The van der Waals surface area contributed by atoms with Crippen LogP contribution in [0.15, 0.2) is 12.3 Å². The summed E-state index contributed by atoms with van der Waals surface area (Å²) in [6, 6.07) is 1.00. The molecule has 0 bridgehead atoms. The largest absolute Gasteiger partial charge is 0.435 e. The van der Waals surface area contributed by atoms with E-state index in [9.17, 15) is 13.2 Å². The van der Waals surface area contributed by atoms with Crippen molar-refractivity contribution in [2.75, 3.05) is 13.1 Å². The average molecular weight is 249 g/mol. The minimum Gasteiger partial charge on any atom is -0.316 e. The number of hydrogen-bond acceptors (Lipinski definition) is 2. The highest BCUT2D eigenvalue weighted by Gasteiger charge is 2.33. The maximum atomic E-state index is 12.2. The van der Waals surface area contributed by atoms with Gasteiger partial charge >= 0.3 is 6.18 Å². The molecule has 0 atom stereocenters. The molecule has 0 aliphatic carbocycles. The summed E-state index contributed by atoms with van der Waals surface area (Å²) >= 11 is 0. The molecule has 17 heavy (non-hydrogen) atoms. The Morgan fingerprint density at radius 3 is 2.65 bits per heavy atom. The van der Waals surface area contributed by atoms with Gasteiger partial charge in [0, 0.05) is 12.7 Å². The Bertz CT molecular complexity index is 331. The first-order valence-electron chi connectivity index (χ1n) is 5.71. The van der Waals surface area contributed by atoms with Crippen LogP contribution in [0.2, 0.25) is 0 Å². The number of rotatable bonds is 6. The Morgan fingerprint density at radius 2 is 2.12 bits per heavy atom. The van der Waals surface area contributed by atoms with Gasteiger partial charge in [-0.25, -0.2) is 0 Å². The Kier molecular flexibility index (Phi) is 4.99. The maximum absolute atomic E-state index is 12.2. The van der Waals surface area contributed by atoms with Crippen LogP contribution in [0.4, 0.5) is 13.2 Å². The van der Waals surface area contributed by atoms with Gasteiger partial charge in [-0.3, -0.25) is 4.68 Å². The van der Waals surface area contributed by atoms with E-state index in [1.165, 1.54) is 10.9 Å². The molecule has 6 heteroatoms. The fraction of sp³-hybridized carbons (Fsp3) is 0.727. The molecule has 0 amide bonds. The van der Waals surface area contributed by atoms with Gasteiger partial charge < -0.3 is 5.32 Å². The van der Waals surface area contributed by atoms with Gasteiger partial charge in [-0.05, 0) is 31.5 Å². The molecule has 1 N–H and O–H groups in total. The highest BCUT2D eigenvalue weighted by Crippen LogP contribution is 2.27. The lowest BCUT2D eigenvalue weighted by molar-refractivity contribution is -0.141. The molecule has 0 saturated heterocycles. The molecule has 1 aromatic heterocycles. The summed E-state index contributed by atoms with van der Waals surface area (Å²) in [7, 11) is 0. The van der Waals surface area contributed by atoms with Crippen LogP contribution >= 0.6 is 0 Å². The summed E-state index contributed by atoms with van der Waals surface area (Å²) in [5.74, 6) is 0.580. The lowest BCUT2D eigenvalue weighted by atomic mass is 10.2. The van der Waals surface area contributed by atoms with Crippen molar-refractivity contribution in [1.29, 1.82) is 0 Å². The minimum absolute atomic E-state index is 0.501. The van der Waals surface area contributed by atoms with E-state index >= 15 is 0 Å². The molecule has 0 aromatic carbocycles. The fourth-order valence-electron chi connectivity index (χ4n) is 1.39. The van der Waals surface area contributed by atoms with E-state index < -0.39 is 11.9 Å². The van der Waals surface area contributed by atoms with E-state index in [1.807, 2.05) is 0 Å². The molecule has 0 fully saturated rings. The summed E-state index contributed by atoms with van der Waals surface area (Å²) in [5, 5.41) is 6.71. The summed E-state index contributed by atoms with van der Waals surface area (Å²) in [6.45, 7) is 6.43. The number of halogens is 3. The van der Waals surface area contributed by atoms with Crippen LogP contribution in [0.25, 0.3) is 0 Å². The van der Waals surface area contributed by atoms with Crippen LogP contribution in [0, 0.1) is 5.92 Å². The molecule has 0 aliphatic rings. The first-order valence-corrected chi connectivity index (χ1v) is 5.71. The van der Waals surface area contributed by atoms with E-state index in [4.69, 9.17) is 0 Å². The van der Waals surface area contributed by atoms with E-state index in [1.54, 1.807) is 0 Å². The molecule has 3 nitrogen and oxygen atoms in total. The second kappa shape index (κ2) is 6.05. The van der Waals surface area contributed by atoms with Crippen LogP contribution in [0.5, 0.6) is 0 Å². The van der Waals surface area contributed by atoms with Crippen molar-refractivity contribution < 1.29 is 13.2 Å². The van der Waals surface area contributed by atoms with E-state index in [0.717, 1.165) is 25.6 Å². The SMILES string of the molecule is CC(C)CNCCCn1ccc(C(F)(F)F)n1. The van der Waals surface area contributed by atoms with Gasteiger partial charge in [0.1, 0.15) is 0 Å². The van der Waals surface area contributed by atoms with Crippen molar-refractivity contribution in [2.45, 2.75) is 33.0 Å². The number of nitrogens with one attached hydrogen (secondary N) is 1. The summed E-state index contributed by atoms with van der Waals surface area (Å²) < 4.78 is 38.1. The second-order valence-corrected chi connectivity index (χ2v) is 4.41. The molecule has 0 aliphatic heterocycles. The summed E-state index contributed by atoms with van der Waals surface area (Å²) in [6.07, 6.45) is -2.21. The van der Waals surface area contributed by atoms with E-state index in [0.29, 0.717) is 12.5 Å². The third-order valence-electron chi connectivity index (χ3n) is 2.22. The molecule has 0 unspecified atom stereocenters. The standard InChI is InChI=1S/C11H18F3N3/c1-9(2)8-15-5-3-6-17-7-4-10(16-17)11(12,13)14/h4,7,9,15H,3,5-6,8H2,1-2H3. The topological polar surface area (TPSA) is 29.9 Å². The van der Waals surface area contributed by atoms with Gasteiger partial charge in [-0.1, -0.05) is 13.8 Å². The zero-order chi connectivity index (χ0) is 12.9. The van der Waals surface area contributed by atoms with Crippen molar-refractivity contribution in [1.82, 2.24) is 15.1 Å². The maximum Gasteiger partial charge on any atom is 0.435 e. The van der Waals surface area contributed by atoms with Crippen molar-refractivity contribution in [2.24, 2.45) is 5.92 Å². The molecule has 98 valence electrons. The third-order valence-corrected chi connectivity index (χ3v) is 2.22. The Hall–Kier alpha value is -1.04. The van der Waals surface area contributed by atoms with E-state index in [-0.39, 0.29) is 0 Å². The van der Waals surface area contributed by atoms with Crippen molar-refractivity contribution in [3.8, 4) is 0 Å². The van der Waals surface area contributed by atoms with Gasteiger partial charge in [0.2, 0.25) is 0 Å². The number of aromatic nitrogens is 2. The van der Waals surface area contributed by atoms with E-state index in [2.05, 4.69) is 24.3 Å². The molecular weight excluding hydrogens is 231 g/mol. The summed E-state index contributed by atoms with van der Waals surface area (Å²) in [4.78, 5) is 0.